The molecule has 0 radical (unpaired) electrons. The van der Waals surface area contributed by atoms with Crippen molar-refractivity contribution in [3.63, 3.8) is 0 Å². The van der Waals surface area contributed by atoms with E-state index in [-0.39, 0.29) is 11.7 Å². The molecule has 4 aromatic rings. The van der Waals surface area contributed by atoms with Gasteiger partial charge in [0.05, 0.1) is 18.5 Å². The van der Waals surface area contributed by atoms with E-state index in [2.05, 4.69) is 47.8 Å². The number of fused-ring (bicyclic) bond motifs is 2. The number of amides is 1. The maximum Gasteiger partial charge on any atom is 0.412 e. The fraction of sp³-hybridized carbons (Fsp3) is 0.231. The summed E-state index contributed by atoms with van der Waals surface area (Å²) in [6, 6.07) is 21.1. The van der Waals surface area contributed by atoms with Crippen LogP contribution in [0.25, 0.3) is 16.5 Å². The third kappa shape index (κ3) is 3.73. The molecule has 5 rings (SSSR count). The van der Waals surface area contributed by atoms with Crippen LogP contribution < -0.4 is 5.32 Å². The fourth-order valence-corrected chi connectivity index (χ4v) is 4.75. The number of rotatable bonds is 4. The maximum atomic E-state index is 13.6. The van der Waals surface area contributed by atoms with Crippen LogP contribution in [0.1, 0.15) is 35.6 Å². The molecule has 6 heteroatoms. The number of halogens is 1. The quantitative estimate of drug-likeness (QED) is 0.432. The Labute approximate surface area is 185 Å². The number of ether oxygens (including phenoxy) is 1. The summed E-state index contributed by atoms with van der Waals surface area (Å²) in [6.07, 6.45) is 3.15. The van der Waals surface area contributed by atoms with Crippen LogP contribution in [0.4, 0.5) is 15.0 Å². The first kappa shape index (κ1) is 20.2. The largest absolute Gasteiger partial charge is 0.453 e. The average Bonchev–Trinajstić information content (AvgIpc) is 3.19. The Kier molecular flexibility index (Phi) is 5.35. The van der Waals surface area contributed by atoms with Gasteiger partial charge in [-0.3, -0.25) is 5.32 Å². The molecule has 1 aliphatic rings. The third-order valence-corrected chi connectivity index (χ3v) is 6.21. The molecule has 0 spiro atoms. The number of hydrogen-bond donors (Lipinski definition) is 1. The average molecular weight is 429 g/mol. The van der Waals surface area contributed by atoms with Crippen LogP contribution in [0.15, 0.2) is 66.7 Å². The lowest BCUT2D eigenvalue weighted by molar-refractivity contribution is 0.186. The van der Waals surface area contributed by atoms with Crippen molar-refractivity contribution in [1.82, 2.24) is 9.78 Å². The van der Waals surface area contributed by atoms with Crippen LogP contribution in [0, 0.1) is 5.82 Å². The number of hydrogen-bond acceptors (Lipinski definition) is 3. The lowest BCUT2D eigenvalue weighted by Gasteiger charge is -2.25. The Morgan fingerprint density at radius 2 is 1.91 bits per heavy atom. The minimum absolute atomic E-state index is 0.218. The summed E-state index contributed by atoms with van der Waals surface area (Å²) < 4.78 is 20.2. The highest BCUT2D eigenvalue weighted by atomic mass is 19.1. The van der Waals surface area contributed by atoms with Gasteiger partial charge in [0.1, 0.15) is 5.82 Å². The van der Waals surface area contributed by atoms with Gasteiger partial charge in [0.2, 0.25) is 0 Å². The molecule has 5 nitrogen and oxygen atoms in total. The number of nitrogens with zero attached hydrogens (tertiary/aromatic N) is 2. The normalized spacial score (nSPS) is 15.4. The van der Waals surface area contributed by atoms with Gasteiger partial charge in [0.15, 0.2) is 5.82 Å². The van der Waals surface area contributed by atoms with Crippen LogP contribution >= 0.6 is 0 Å². The Hall–Kier alpha value is -3.67. The summed E-state index contributed by atoms with van der Waals surface area (Å²) in [5.41, 5.74) is 4.15. The van der Waals surface area contributed by atoms with E-state index >= 15 is 0 Å². The molecular formula is C26H24FN3O2. The summed E-state index contributed by atoms with van der Waals surface area (Å²) in [5.74, 6) is 0.434. The van der Waals surface area contributed by atoms with E-state index < -0.39 is 6.09 Å². The predicted octanol–water partition coefficient (Wildman–Crippen LogP) is 6.01. The molecule has 0 saturated carbocycles. The number of carbonyl (C=O) groups excluding carboxylic acids is 1. The molecule has 1 aromatic heterocycles. The number of benzene rings is 3. The number of anilines is 1. The smallest absolute Gasteiger partial charge is 0.412 e. The highest BCUT2D eigenvalue weighted by molar-refractivity contribution is 5.86. The van der Waals surface area contributed by atoms with E-state index in [1.807, 2.05) is 4.68 Å². The second-order valence-electron chi connectivity index (χ2n) is 8.15. The Bertz CT molecular complexity index is 1270. The molecule has 1 atom stereocenters. The zero-order chi connectivity index (χ0) is 22.1. The zero-order valence-electron chi connectivity index (χ0n) is 17.8. The lowest BCUT2D eigenvalue weighted by atomic mass is 9.82. The van der Waals surface area contributed by atoms with Crippen molar-refractivity contribution in [2.75, 3.05) is 12.4 Å². The minimum Gasteiger partial charge on any atom is -0.453 e. The van der Waals surface area contributed by atoms with Crippen LogP contribution in [0.5, 0.6) is 0 Å². The summed E-state index contributed by atoms with van der Waals surface area (Å²) in [5, 5.41) is 9.96. The second-order valence-corrected chi connectivity index (χ2v) is 8.15. The first-order valence-corrected chi connectivity index (χ1v) is 10.8. The van der Waals surface area contributed by atoms with Crippen molar-refractivity contribution >= 4 is 22.7 Å². The molecule has 1 heterocycles. The van der Waals surface area contributed by atoms with Crippen molar-refractivity contribution in [3.05, 3.63) is 89.4 Å². The van der Waals surface area contributed by atoms with Gasteiger partial charge in [0, 0.05) is 11.5 Å². The number of nitrogens with one attached hydrogen (secondary N) is 1. The Morgan fingerprint density at radius 1 is 1.12 bits per heavy atom. The van der Waals surface area contributed by atoms with Gasteiger partial charge < -0.3 is 4.74 Å². The number of carbonyl (C=O) groups is 1. The van der Waals surface area contributed by atoms with Gasteiger partial charge in [-0.15, -0.1) is 5.10 Å². The van der Waals surface area contributed by atoms with Crippen LogP contribution in [0.2, 0.25) is 0 Å². The minimum atomic E-state index is -0.548. The molecule has 1 N–H and O–H groups in total. The molecular weight excluding hydrogens is 405 g/mol. The third-order valence-electron chi connectivity index (χ3n) is 6.21. The first-order chi connectivity index (χ1) is 15.6. The molecule has 0 saturated heterocycles. The predicted molar refractivity (Wildman–Crippen MR) is 123 cm³/mol. The second kappa shape index (κ2) is 8.46. The molecule has 162 valence electrons. The van der Waals surface area contributed by atoms with E-state index in [4.69, 9.17) is 9.84 Å². The maximum absolute atomic E-state index is 13.6. The van der Waals surface area contributed by atoms with Crippen LogP contribution in [-0.2, 0) is 17.6 Å². The summed E-state index contributed by atoms with van der Waals surface area (Å²) in [7, 11) is 1.34. The van der Waals surface area contributed by atoms with E-state index in [0.29, 0.717) is 5.82 Å². The van der Waals surface area contributed by atoms with Gasteiger partial charge in [-0.25, -0.2) is 13.9 Å². The summed E-state index contributed by atoms with van der Waals surface area (Å²) >= 11 is 0. The molecule has 1 amide bonds. The highest BCUT2D eigenvalue weighted by Crippen LogP contribution is 2.40. The summed E-state index contributed by atoms with van der Waals surface area (Å²) in [6.45, 7) is 0. The molecule has 0 fully saturated rings. The van der Waals surface area contributed by atoms with Crippen molar-refractivity contribution in [3.8, 4) is 5.69 Å². The van der Waals surface area contributed by atoms with Crippen molar-refractivity contribution in [1.29, 1.82) is 0 Å². The van der Waals surface area contributed by atoms with Gasteiger partial charge in [-0.05, 0) is 66.3 Å². The summed E-state index contributed by atoms with van der Waals surface area (Å²) in [4.78, 5) is 11.9. The topological polar surface area (TPSA) is 56.1 Å². The first-order valence-electron chi connectivity index (χ1n) is 10.8. The van der Waals surface area contributed by atoms with Crippen molar-refractivity contribution in [2.24, 2.45) is 0 Å². The van der Waals surface area contributed by atoms with E-state index in [0.717, 1.165) is 42.6 Å². The van der Waals surface area contributed by atoms with Gasteiger partial charge in [0.25, 0.3) is 0 Å². The lowest BCUT2D eigenvalue weighted by Crippen LogP contribution is -2.17. The van der Waals surface area contributed by atoms with E-state index in [1.54, 1.807) is 12.1 Å². The van der Waals surface area contributed by atoms with E-state index in [1.165, 1.54) is 35.6 Å². The van der Waals surface area contributed by atoms with Crippen molar-refractivity contribution < 1.29 is 13.9 Å². The monoisotopic (exact) mass is 429 g/mol. The fourth-order valence-electron chi connectivity index (χ4n) is 4.75. The zero-order valence-corrected chi connectivity index (χ0v) is 17.8. The van der Waals surface area contributed by atoms with Gasteiger partial charge in [-0.1, -0.05) is 42.5 Å². The van der Waals surface area contributed by atoms with Gasteiger partial charge >= 0.3 is 6.09 Å². The number of aromatic nitrogens is 2. The Balaban J connectivity index is 1.61. The van der Waals surface area contributed by atoms with E-state index in [9.17, 15) is 9.18 Å². The standard InChI is InChI=1S/C26H24FN3O2/c1-32-26(31)28-25-23-11-5-9-19(16-18-8-4-7-17-6-2-3-10-22(17)18)24(23)30(29-25)21-14-12-20(27)13-15-21/h2-4,6-8,10,12-15,19H,5,9,11,16H2,1H3,(H,28,29,31). The molecule has 0 aliphatic heterocycles. The van der Waals surface area contributed by atoms with Crippen LogP contribution in [0.3, 0.4) is 0 Å². The van der Waals surface area contributed by atoms with Crippen molar-refractivity contribution in [2.45, 2.75) is 31.6 Å². The molecule has 32 heavy (non-hydrogen) atoms. The molecule has 0 bridgehead atoms. The highest BCUT2D eigenvalue weighted by Gasteiger charge is 2.30. The molecule has 1 unspecified atom stereocenters. The van der Waals surface area contributed by atoms with Gasteiger partial charge in [-0.2, -0.15) is 0 Å². The number of methoxy groups -OCH3 is 1. The van der Waals surface area contributed by atoms with Crippen LogP contribution in [-0.4, -0.2) is 23.0 Å². The molecule has 3 aromatic carbocycles. The molecule has 1 aliphatic carbocycles. The SMILES string of the molecule is COC(=O)Nc1nn(-c2ccc(F)cc2)c2c1CCCC2Cc1cccc2ccccc12. The Morgan fingerprint density at radius 3 is 2.72 bits per heavy atom.